The average molecular weight is 1400 g/mol. The molecular formula is C40H60Fe2N12O24S6-6. The molecule has 0 rings (SSSR count). The van der Waals surface area contributed by atoms with Gasteiger partial charge in [0.1, 0.15) is 24.2 Å². The van der Waals surface area contributed by atoms with Crippen LogP contribution in [-0.2, 0) is 188 Å². The Hall–Kier alpha value is -5.50. The number of hydrogen-bond acceptors (Lipinski definition) is 28. The zero-order chi connectivity index (χ0) is 62.8. The van der Waals surface area contributed by atoms with Crippen LogP contribution in [0.15, 0.2) is 0 Å². The summed E-state index contributed by atoms with van der Waals surface area (Å²) in [6.07, 6.45) is -0.830. The molecule has 44 heteroatoms. The molecule has 0 aromatic carbocycles. The van der Waals surface area contributed by atoms with E-state index in [-0.39, 0.29) is 136 Å². The molecule has 8 amide bonds. The van der Waals surface area contributed by atoms with Crippen molar-refractivity contribution in [2.24, 2.45) is 0 Å². The monoisotopic (exact) mass is 1400 g/mol. The number of carbonyl (C=O) groups excluding carboxylic acids is 16. The fourth-order valence-electron chi connectivity index (χ4n) is 4.62. The Balaban J connectivity index is -0.000000150. The summed E-state index contributed by atoms with van der Waals surface area (Å²) in [6, 6.07) is -8.40. The molecule has 0 aromatic rings. The van der Waals surface area contributed by atoms with Gasteiger partial charge < -0.3 is 222 Å². The topological polar surface area (TPSA) is 664 Å². The second-order valence-corrected chi connectivity index (χ2v) is 17.1. The molecule has 0 fully saturated rings. The zero-order valence-electron chi connectivity index (χ0n) is 43.7. The standard InChI is InChI=1S/4C10H17N3O6S.2Fe.2S/c4*11-5(10(18)19)1-2-7(14)13-6(4-20)9(17)12-3-8(15)16;;;;/h4*5-6,20H,1-4,11H2,(H,12,17)(H,13,14)(H,15,16)(H,18,19);;;;/q;;;;2*+3;2*-2/p-8/t4*5-,6-;;;;/m0000..../s1. The van der Waals surface area contributed by atoms with E-state index in [1.807, 2.05) is 21.3 Å². The molecular weight excluding hydrogens is 1340 g/mol. The van der Waals surface area contributed by atoms with Crippen LogP contribution in [0.3, 0.4) is 0 Å². The van der Waals surface area contributed by atoms with Gasteiger partial charge in [-0.25, -0.2) is 0 Å². The van der Waals surface area contributed by atoms with Crippen LogP contribution in [0, 0.1) is 0 Å². The van der Waals surface area contributed by atoms with Crippen LogP contribution in [-0.4, -0.2) is 193 Å². The van der Waals surface area contributed by atoms with Crippen molar-refractivity contribution in [3.05, 3.63) is 0 Å². The Kier molecular flexibility index (Phi) is 62.5. The van der Waals surface area contributed by atoms with Crippen molar-refractivity contribution < 1.29 is 175 Å². The van der Waals surface area contributed by atoms with Gasteiger partial charge in [0, 0.05) is 51.4 Å². The number of carboxylic acids is 8. The molecule has 0 saturated heterocycles. The summed E-state index contributed by atoms with van der Waals surface area (Å²) in [7, 11) is 0. The van der Waals surface area contributed by atoms with Gasteiger partial charge in [-0.3, -0.25) is 38.4 Å². The van der Waals surface area contributed by atoms with Crippen LogP contribution in [0.2, 0.25) is 0 Å². The van der Waals surface area contributed by atoms with E-state index in [9.17, 15) is 118 Å². The Bertz CT molecular complexity index is 1870. The van der Waals surface area contributed by atoms with E-state index in [2.05, 4.69) is 94.7 Å². The van der Waals surface area contributed by atoms with E-state index in [0.29, 0.717) is 0 Å². The minimum Gasteiger partial charge on any atom is -2.00 e. The number of rotatable bonds is 36. The van der Waals surface area contributed by atoms with Crippen molar-refractivity contribution in [3.63, 3.8) is 0 Å². The number of quaternary nitrogens is 4. The molecule has 0 aromatic heterocycles. The van der Waals surface area contributed by atoms with Gasteiger partial charge in [0.15, 0.2) is 0 Å². The maximum atomic E-state index is 11.5. The van der Waals surface area contributed by atoms with E-state index in [1.54, 1.807) is 0 Å². The van der Waals surface area contributed by atoms with Gasteiger partial charge in [0.25, 0.3) is 0 Å². The van der Waals surface area contributed by atoms with E-state index in [1.165, 1.54) is 0 Å². The summed E-state index contributed by atoms with van der Waals surface area (Å²) in [5, 5.41) is 99.5. The van der Waals surface area contributed by atoms with Gasteiger partial charge >= 0.3 is 34.1 Å². The Morgan fingerprint density at radius 2 is 0.452 bits per heavy atom. The van der Waals surface area contributed by atoms with E-state index in [4.69, 9.17) is 0 Å². The maximum absolute atomic E-state index is 11.5. The Morgan fingerprint density at radius 1 is 0.310 bits per heavy atom. The molecule has 0 aliphatic rings. The Morgan fingerprint density at radius 3 is 0.560 bits per heavy atom. The van der Waals surface area contributed by atoms with Crippen molar-refractivity contribution in [2.45, 2.75) is 99.7 Å². The van der Waals surface area contributed by atoms with Gasteiger partial charge in [-0.2, -0.15) is 0 Å². The predicted octanol–water partition coefficient (Wildman–Crippen LogP) is -23.9. The van der Waals surface area contributed by atoms with Crippen LogP contribution in [0.1, 0.15) is 51.4 Å². The first-order chi connectivity index (χ1) is 37.1. The molecule has 0 aliphatic carbocycles. The van der Waals surface area contributed by atoms with Gasteiger partial charge in [-0.1, -0.05) is 0 Å². The third-order valence-corrected chi connectivity index (χ3v) is 10.4. The minimum atomic E-state index is -1.47. The maximum Gasteiger partial charge on any atom is 3.00 e. The molecule has 0 saturated carbocycles. The number of nitrogens with one attached hydrogen (secondary N) is 8. The molecule has 20 N–H and O–H groups in total. The van der Waals surface area contributed by atoms with Crippen molar-refractivity contribution in [1.82, 2.24) is 42.5 Å². The summed E-state index contributed by atoms with van der Waals surface area (Å²) >= 11 is 18.7. The second-order valence-electron chi connectivity index (χ2n) is 15.7. The van der Waals surface area contributed by atoms with Crippen LogP contribution in [0.5, 0.6) is 0 Å². The van der Waals surface area contributed by atoms with E-state index >= 15 is 0 Å². The van der Waals surface area contributed by atoms with Crippen LogP contribution in [0.4, 0.5) is 0 Å². The zero-order valence-corrected chi connectivity index (χ0v) is 50.8. The van der Waals surface area contributed by atoms with Crippen LogP contribution in [0.25, 0.3) is 0 Å². The number of carboxylic acid groups (broad SMARTS) is 8. The first-order valence-electron chi connectivity index (χ1n) is 22.7. The number of aliphatic carboxylic acids is 8. The van der Waals surface area contributed by atoms with E-state index < -0.39 is 170 Å². The SMILES string of the molecule is [Fe+3].[Fe+3].[NH3+][C@@H](CCC(=O)N[C@@H](C[S-])C(=O)NCC(=O)[O-])C(=O)[O-].[NH3+][C@@H](CCC(=O)N[C@@H](C[S-])C(=O)NCC(=O)[O-])C(=O)[O-].[NH3+][C@@H](CCC(=O)N[C@@H](C[S-])C(=O)NCC(=O)[O-])C(=O)[O-].[NH3+][C@@H](CCC(=O)N[C@@H](C[S-])C(=O)NCC(=O)[O-])C(=O)[O-].[S-2].[S-2]. The molecule has 0 heterocycles. The molecule has 0 unspecified atom stereocenters. The summed E-state index contributed by atoms with van der Waals surface area (Å²) in [5.41, 5.74) is 13.1. The third-order valence-electron chi connectivity index (χ3n) is 9.11. The summed E-state index contributed by atoms with van der Waals surface area (Å²) in [6.45, 7) is -2.75. The predicted molar refractivity (Wildman–Crippen MR) is 267 cm³/mol. The number of amides is 8. The van der Waals surface area contributed by atoms with Gasteiger partial charge in [0.2, 0.25) is 47.3 Å². The number of carbonyl (C=O) groups is 16. The molecule has 36 nitrogen and oxygen atoms in total. The summed E-state index contributed by atoms with van der Waals surface area (Å²) < 4.78 is 0. The minimum absolute atomic E-state index is 0. The fourth-order valence-corrected chi connectivity index (χ4v) is 5.56. The largest absolute Gasteiger partial charge is 3.00 e. The van der Waals surface area contributed by atoms with Crippen molar-refractivity contribution in [3.8, 4) is 0 Å². The summed E-state index contributed by atoms with van der Waals surface area (Å²) in [5.74, 6) is -17.3. The average Bonchev–Trinajstić information content (AvgIpc) is 3.39. The normalized spacial score (nSPS) is 12.5. The van der Waals surface area contributed by atoms with Crippen LogP contribution < -0.4 is 106 Å². The second kappa shape index (κ2) is 55.4. The van der Waals surface area contributed by atoms with E-state index in [0.717, 1.165) is 0 Å². The molecule has 84 heavy (non-hydrogen) atoms. The first kappa shape index (κ1) is 94.9. The van der Waals surface area contributed by atoms with Crippen molar-refractivity contribution in [2.75, 3.05) is 49.2 Å². The van der Waals surface area contributed by atoms with Gasteiger partial charge in [-0.15, -0.1) is 23.0 Å². The quantitative estimate of drug-likeness (QED) is 0.0205. The summed E-state index contributed by atoms with van der Waals surface area (Å²) in [4.78, 5) is 174. The molecule has 2 radical (unpaired) electrons. The first-order valence-corrected chi connectivity index (χ1v) is 25.0. The van der Waals surface area contributed by atoms with Crippen molar-refractivity contribution >= 4 is 173 Å². The van der Waals surface area contributed by atoms with Crippen LogP contribution >= 0.6 is 0 Å². The van der Waals surface area contributed by atoms with Gasteiger partial charge in [-0.05, 0) is 0 Å². The van der Waals surface area contributed by atoms with Gasteiger partial charge in [0.05, 0.1) is 98.1 Å². The van der Waals surface area contributed by atoms with Crippen molar-refractivity contribution in [1.29, 1.82) is 0 Å². The molecule has 482 valence electrons. The fraction of sp³-hybridized carbons (Fsp3) is 0.600. The number of hydrogen-bond donors (Lipinski definition) is 12. The molecule has 8 atom stereocenters. The molecule has 0 bridgehead atoms. The Labute approximate surface area is 535 Å². The molecule has 0 aliphatic heterocycles. The third kappa shape index (κ3) is 53.2. The molecule has 0 spiro atoms. The smallest absolute Gasteiger partial charge is 2.00 e.